The van der Waals surface area contributed by atoms with Gasteiger partial charge in [-0.05, 0) is 50.3 Å². The van der Waals surface area contributed by atoms with E-state index in [0.29, 0.717) is 32.4 Å². The normalized spacial score (nSPS) is 23.3. The van der Waals surface area contributed by atoms with Crippen LogP contribution >= 0.6 is 0 Å². The molecule has 1 aromatic rings. The number of rotatable bonds is 6. The Bertz CT molecular complexity index is 832. The first-order valence-corrected chi connectivity index (χ1v) is 10.5. The van der Waals surface area contributed by atoms with Crippen LogP contribution in [0, 0.1) is 5.92 Å². The zero-order chi connectivity index (χ0) is 19.6. The highest BCUT2D eigenvalue weighted by Gasteiger charge is 2.32. The number of sulfonamides is 1. The summed E-state index contributed by atoms with van der Waals surface area (Å²) >= 11 is 0. The van der Waals surface area contributed by atoms with Crippen molar-refractivity contribution in [3.8, 4) is 5.75 Å². The minimum atomic E-state index is -3.73. The van der Waals surface area contributed by atoms with Crippen LogP contribution in [0.25, 0.3) is 0 Å². The number of hydrogen-bond donors (Lipinski definition) is 2. The molecule has 0 bridgehead atoms. The Hall–Kier alpha value is -2.13. The van der Waals surface area contributed by atoms with Crippen LogP contribution in [-0.2, 0) is 14.8 Å². The number of nitrogens with zero attached hydrogens (tertiary/aromatic N) is 1. The monoisotopic (exact) mass is 396 g/mol. The predicted octanol–water partition coefficient (Wildman–Crippen LogP) is 1.46. The fourth-order valence-corrected chi connectivity index (χ4v) is 5.39. The van der Waals surface area contributed by atoms with Gasteiger partial charge in [0.2, 0.25) is 10.0 Å². The van der Waals surface area contributed by atoms with E-state index in [1.807, 2.05) is 0 Å². The third-order valence-corrected chi connectivity index (χ3v) is 7.15. The summed E-state index contributed by atoms with van der Waals surface area (Å²) in [5, 5.41) is 11.9. The zero-order valence-electron chi connectivity index (χ0n) is 15.2. The van der Waals surface area contributed by atoms with E-state index >= 15 is 0 Å². The molecule has 2 aliphatic rings. The molecule has 0 radical (unpaired) electrons. The van der Waals surface area contributed by atoms with Gasteiger partial charge in [0.25, 0.3) is 5.91 Å². The van der Waals surface area contributed by atoms with Crippen LogP contribution in [0.3, 0.4) is 0 Å². The summed E-state index contributed by atoms with van der Waals surface area (Å²) < 4.78 is 32.4. The van der Waals surface area contributed by atoms with Crippen molar-refractivity contribution in [2.75, 3.05) is 20.2 Å². The molecule has 8 nitrogen and oxygen atoms in total. The summed E-state index contributed by atoms with van der Waals surface area (Å²) in [6, 6.07) is 4.11. The molecule has 1 saturated heterocycles. The number of carbonyl (C=O) groups is 2. The average Bonchev–Trinajstić information content (AvgIpc) is 3.33. The number of nitrogens with one attached hydrogen (secondary N) is 1. The molecule has 0 aromatic heterocycles. The highest BCUT2D eigenvalue weighted by atomic mass is 32.2. The molecule has 148 valence electrons. The summed E-state index contributed by atoms with van der Waals surface area (Å²) in [7, 11) is -2.34. The minimum absolute atomic E-state index is 0.0191. The van der Waals surface area contributed by atoms with Gasteiger partial charge in [-0.25, -0.2) is 8.42 Å². The first-order chi connectivity index (χ1) is 12.8. The Balaban J connectivity index is 1.80. The number of carboxylic acids is 1. The minimum Gasteiger partial charge on any atom is -0.495 e. The number of carbonyl (C=O) groups excluding carboxylic acids is 1. The molecule has 1 saturated carbocycles. The second-order valence-corrected chi connectivity index (χ2v) is 8.90. The molecule has 1 heterocycles. The molecule has 3 rings (SSSR count). The van der Waals surface area contributed by atoms with Crippen molar-refractivity contribution in [1.82, 2.24) is 9.62 Å². The highest BCUT2D eigenvalue weighted by molar-refractivity contribution is 7.89. The zero-order valence-corrected chi connectivity index (χ0v) is 16.0. The molecule has 1 aromatic carbocycles. The van der Waals surface area contributed by atoms with Gasteiger partial charge in [0.15, 0.2) is 0 Å². The molecule has 2 atom stereocenters. The van der Waals surface area contributed by atoms with E-state index in [9.17, 15) is 18.0 Å². The number of amides is 1. The maximum Gasteiger partial charge on any atom is 0.306 e. The van der Waals surface area contributed by atoms with Crippen molar-refractivity contribution >= 4 is 21.9 Å². The lowest BCUT2D eigenvalue weighted by Crippen LogP contribution is -2.33. The second-order valence-electron chi connectivity index (χ2n) is 7.00. The van der Waals surface area contributed by atoms with Gasteiger partial charge in [-0.3, -0.25) is 9.59 Å². The number of carboxylic acid groups (broad SMARTS) is 1. The molecule has 1 aliphatic heterocycles. The lowest BCUT2D eigenvalue weighted by Gasteiger charge is -2.19. The highest BCUT2D eigenvalue weighted by Crippen LogP contribution is 2.30. The summed E-state index contributed by atoms with van der Waals surface area (Å²) in [6.07, 6.45) is 3.13. The van der Waals surface area contributed by atoms with Crippen molar-refractivity contribution in [2.24, 2.45) is 5.92 Å². The average molecular weight is 396 g/mol. The van der Waals surface area contributed by atoms with Gasteiger partial charge in [0.05, 0.1) is 13.0 Å². The molecule has 0 unspecified atom stereocenters. The van der Waals surface area contributed by atoms with Gasteiger partial charge in [0, 0.05) is 24.7 Å². The number of aliphatic carboxylic acids is 1. The van der Waals surface area contributed by atoms with Crippen LogP contribution in [0.2, 0.25) is 0 Å². The van der Waals surface area contributed by atoms with Crippen LogP contribution < -0.4 is 10.1 Å². The standard InChI is InChI=1S/C18H24N2O6S/c1-26-15-7-5-12(11-16(15)27(24,25)20-8-2-3-9-20)17(21)19-14-6-4-13(10-14)18(22)23/h5,7,11,13-14H,2-4,6,8-10H2,1H3,(H,19,21)(H,22,23)/t13-,14+/m0/s1. The van der Waals surface area contributed by atoms with Crippen molar-refractivity contribution < 1.29 is 27.9 Å². The van der Waals surface area contributed by atoms with E-state index in [4.69, 9.17) is 9.84 Å². The lowest BCUT2D eigenvalue weighted by molar-refractivity contribution is -0.141. The van der Waals surface area contributed by atoms with Gasteiger partial charge in [-0.15, -0.1) is 0 Å². The Morgan fingerprint density at radius 1 is 1.22 bits per heavy atom. The fraction of sp³-hybridized carbons (Fsp3) is 0.556. The molecule has 1 aliphatic carbocycles. The number of benzene rings is 1. The van der Waals surface area contributed by atoms with E-state index in [1.54, 1.807) is 0 Å². The molecular weight excluding hydrogens is 372 g/mol. The quantitative estimate of drug-likeness (QED) is 0.753. The number of methoxy groups -OCH3 is 1. The molecule has 9 heteroatoms. The topological polar surface area (TPSA) is 113 Å². The largest absolute Gasteiger partial charge is 0.495 e. The van der Waals surface area contributed by atoms with Crippen LogP contribution in [0.15, 0.2) is 23.1 Å². The summed E-state index contributed by atoms with van der Waals surface area (Å²) in [5.74, 6) is -1.51. The van der Waals surface area contributed by atoms with Gasteiger partial charge in [-0.2, -0.15) is 4.31 Å². The van der Waals surface area contributed by atoms with E-state index in [-0.39, 0.29) is 22.3 Å². The summed E-state index contributed by atoms with van der Waals surface area (Å²) in [5.41, 5.74) is 0.215. The maximum absolute atomic E-state index is 12.9. The molecular formula is C18H24N2O6S. The second kappa shape index (κ2) is 7.85. The Morgan fingerprint density at radius 2 is 1.93 bits per heavy atom. The Labute approximate surface area is 158 Å². The smallest absolute Gasteiger partial charge is 0.306 e. The lowest BCUT2D eigenvalue weighted by atomic mass is 10.1. The molecule has 27 heavy (non-hydrogen) atoms. The van der Waals surface area contributed by atoms with Gasteiger partial charge in [0.1, 0.15) is 10.6 Å². The van der Waals surface area contributed by atoms with E-state index in [2.05, 4.69) is 5.32 Å². The molecule has 2 fully saturated rings. The van der Waals surface area contributed by atoms with E-state index in [0.717, 1.165) is 12.8 Å². The summed E-state index contributed by atoms with van der Waals surface area (Å²) in [6.45, 7) is 0.918. The van der Waals surface area contributed by atoms with E-state index in [1.165, 1.54) is 29.6 Å². The Kier molecular flexibility index (Phi) is 5.71. The number of hydrogen-bond acceptors (Lipinski definition) is 5. The van der Waals surface area contributed by atoms with Gasteiger partial charge < -0.3 is 15.2 Å². The van der Waals surface area contributed by atoms with Crippen LogP contribution in [0.4, 0.5) is 0 Å². The molecule has 1 amide bonds. The van der Waals surface area contributed by atoms with Gasteiger partial charge >= 0.3 is 5.97 Å². The predicted molar refractivity (Wildman–Crippen MR) is 97.2 cm³/mol. The van der Waals surface area contributed by atoms with Crippen molar-refractivity contribution in [3.63, 3.8) is 0 Å². The van der Waals surface area contributed by atoms with Crippen LogP contribution in [0.5, 0.6) is 5.75 Å². The van der Waals surface area contributed by atoms with Crippen molar-refractivity contribution in [1.29, 1.82) is 0 Å². The van der Waals surface area contributed by atoms with Crippen LogP contribution in [0.1, 0.15) is 42.5 Å². The molecule has 0 spiro atoms. The number of ether oxygens (including phenoxy) is 1. The molecule has 2 N–H and O–H groups in total. The maximum atomic E-state index is 12.9. The van der Waals surface area contributed by atoms with E-state index < -0.39 is 27.8 Å². The fourth-order valence-electron chi connectivity index (χ4n) is 3.69. The van der Waals surface area contributed by atoms with Crippen molar-refractivity contribution in [3.05, 3.63) is 23.8 Å². The third-order valence-electron chi connectivity index (χ3n) is 5.23. The SMILES string of the molecule is COc1ccc(C(=O)N[C@@H]2CC[C@H](C(=O)O)C2)cc1S(=O)(=O)N1CCCC1. The van der Waals surface area contributed by atoms with Gasteiger partial charge in [-0.1, -0.05) is 0 Å². The first-order valence-electron chi connectivity index (χ1n) is 9.05. The summed E-state index contributed by atoms with van der Waals surface area (Å²) in [4.78, 5) is 23.6. The van der Waals surface area contributed by atoms with Crippen LogP contribution in [-0.4, -0.2) is 55.9 Å². The van der Waals surface area contributed by atoms with Crippen molar-refractivity contribution in [2.45, 2.75) is 43.0 Å². The first kappa shape index (κ1) is 19.6. The Morgan fingerprint density at radius 3 is 2.52 bits per heavy atom. The third kappa shape index (κ3) is 4.08.